The second-order valence-corrected chi connectivity index (χ2v) is 5.18. The van der Waals surface area contributed by atoms with Crippen molar-refractivity contribution < 1.29 is 23.9 Å². The molecular weight excluding hydrogens is 310 g/mol. The lowest BCUT2D eigenvalue weighted by Gasteiger charge is -2.22. The Morgan fingerprint density at radius 2 is 1.73 bits per heavy atom. The van der Waals surface area contributed by atoms with E-state index in [0.29, 0.717) is 10.6 Å². The number of amides is 1. The maximum atomic E-state index is 12.2. The molecule has 0 radical (unpaired) electrons. The van der Waals surface area contributed by atoms with Gasteiger partial charge in [0.25, 0.3) is 5.91 Å². The van der Waals surface area contributed by atoms with Gasteiger partial charge in [0, 0.05) is 10.6 Å². The van der Waals surface area contributed by atoms with E-state index in [2.05, 4.69) is 14.8 Å². The smallest absolute Gasteiger partial charge is 0.328 e. The highest BCUT2D eigenvalue weighted by Crippen LogP contribution is 2.13. The molecule has 0 spiro atoms. The lowest BCUT2D eigenvalue weighted by Crippen LogP contribution is -2.46. The highest BCUT2D eigenvalue weighted by Gasteiger charge is 2.29. The first kappa shape index (κ1) is 18.0. The molecule has 0 aromatic heterocycles. The van der Waals surface area contributed by atoms with Crippen molar-refractivity contribution in [2.24, 2.45) is 5.92 Å². The monoisotopic (exact) mass is 327 g/mol. The van der Waals surface area contributed by atoms with E-state index in [1.165, 1.54) is 26.4 Å². The second-order valence-electron chi connectivity index (χ2n) is 4.74. The van der Waals surface area contributed by atoms with Gasteiger partial charge in [0.1, 0.15) is 6.04 Å². The maximum absolute atomic E-state index is 12.2. The number of carbonyl (C=O) groups excluding carboxylic acids is 3. The second kappa shape index (κ2) is 8.38. The minimum absolute atomic E-state index is 0.0167. The molecule has 0 saturated heterocycles. The normalized spacial score (nSPS) is 12.9. The Balaban J connectivity index is 2.84. The van der Waals surface area contributed by atoms with Crippen molar-refractivity contribution in [2.45, 2.75) is 19.4 Å². The van der Waals surface area contributed by atoms with E-state index >= 15 is 0 Å². The van der Waals surface area contributed by atoms with Gasteiger partial charge in [-0.05, 0) is 30.2 Å². The van der Waals surface area contributed by atoms with E-state index < -0.39 is 29.8 Å². The average Bonchev–Trinajstić information content (AvgIpc) is 2.51. The Kier molecular flexibility index (Phi) is 6.85. The molecule has 1 N–H and O–H groups in total. The van der Waals surface area contributed by atoms with Crippen LogP contribution in [0, 0.1) is 5.92 Å². The molecular formula is C15H18ClNO5. The van der Waals surface area contributed by atoms with E-state index in [-0.39, 0.29) is 6.42 Å². The summed E-state index contributed by atoms with van der Waals surface area (Å²) in [6.07, 6.45) is -0.0167. The average molecular weight is 328 g/mol. The number of ether oxygens (including phenoxy) is 2. The van der Waals surface area contributed by atoms with Crippen LogP contribution < -0.4 is 5.32 Å². The van der Waals surface area contributed by atoms with E-state index in [0.717, 1.165) is 0 Å². The first-order valence-electron chi connectivity index (χ1n) is 6.60. The molecule has 0 unspecified atom stereocenters. The van der Waals surface area contributed by atoms with Crippen molar-refractivity contribution in [1.82, 2.24) is 5.32 Å². The number of esters is 2. The number of nitrogens with one attached hydrogen (secondary N) is 1. The van der Waals surface area contributed by atoms with Gasteiger partial charge < -0.3 is 14.8 Å². The molecule has 6 nitrogen and oxygen atoms in total. The van der Waals surface area contributed by atoms with E-state index in [9.17, 15) is 14.4 Å². The molecule has 0 aliphatic rings. The first-order valence-corrected chi connectivity index (χ1v) is 6.98. The van der Waals surface area contributed by atoms with Gasteiger partial charge in [-0.2, -0.15) is 0 Å². The fraction of sp³-hybridized carbons (Fsp3) is 0.400. The van der Waals surface area contributed by atoms with Gasteiger partial charge in [0.2, 0.25) is 0 Å². The summed E-state index contributed by atoms with van der Waals surface area (Å²) in [4.78, 5) is 35.3. The standard InChI is InChI=1S/C15H18ClNO5/c1-9(8-12(18)21-2)13(15(20)22-3)17-14(19)10-4-6-11(16)7-5-10/h4-7,9,13H,8H2,1-3H3,(H,17,19)/t9-,13+/m0/s1. The van der Waals surface area contributed by atoms with Crippen LogP contribution in [0.25, 0.3) is 0 Å². The highest BCUT2D eigenvalue weighted by molar-refractivity contribution is 6.30. The summed E-state index contributed by atoms with van der Waals surface area (Å²) in [7, 11) is 2.48. The van der Waals surface area contributed by atoms with Crippen LogP contribution >= 0.6 is 11.6 Å². The van der Waals surface area contributed by atoms with Gasteiger partial charge in [0.05, 0.1) is 20.6 Å². The fourth-order valence-corrected chi connectivity index (χ4v) is 1.98. The van der Waals surface area contributed by atoms with Crippen LogP contribution in [0.3, 0.4) is 0 Å². The van der Waals surface area contributed by atoms with Crippen molar-refractivity contribution in [3.63, 3.8) is 0 Å². The molecule has 0 saturated carbocycles. The van der Waals surface area contributed by atoms with Gasteiger partial charge in [-0.3, -0.25) is 9.59 Å². The van der Waals surface area contributed by atoms with Gasteiger partial charge in [-0.15, -0.1) is 0 Å². The number of hydrogen-bond donors (Lipinski definition) is 1. The minimum Gasteiger partial charge on any atom is -0.469 e. The fourth-order valence-electron chi connectivity index (χ4n) is 1.85. The maximum Gasteiger partial charge on any atom is 0.328 e. The number of benzene rings is 1. The molecule has 1 aromatic carbocycles. The Hall–Kier alpha value is -2.08. The Morgan fingerprint density at radius 3 is 2.23 bits per heavy atom. The number of halogens is 1. The summed E-state index contributed by atoms with van der Waals surface area (Å²) >= 11 is 5.76. The van der Waals surface area contributed by atoms with E-state index in [1.54, 1.807) is 19.1 Å². The summed E-state index contributed by atoms with van der Waals surface area (Å²) in [5, 5.41) is 3.07. The van der Waals surface area contributed by atoms with Gasteiger partial charge in [-0.1, -0.05) is 18.5 Å². The summed E-state index contributed by atoms with van der Waals surface area (Å²) in [5.74, 6) is -2.03. The third-order valence-corrected chi connectivity index (χ3v) is 3.39. The van der Waals surface area contributed by atoms with Crippen LogP contribution in [0.15, 0.2) is 24.3 Å². The topological polar surface area (TPSA) is 81.7 Å². The molecule has 0 aliphatic heterocycles. The molecule has 0 fully saturated rings. The Morgan fingerprint density at radius 1 is 1.14 bits per heavy atom. The molecule has 7 heteroatoms. The van der Waals surface area contributed by atoms with Crippen LogP contribution in [0.5, 0.6) is 0 Å². The van der Waals surface area contributed by atoms with Crippen LogP contribution in [0.4, 0.5) is 0 Å². The van der Waals surface area contributed by atoms with Crippen molar-refractivity contribution in [3.05, 3.63) is 34.9 Å². The van der Waals surface area contributed by atoms with Crippen LogP contribution in [-0.4, -0.2) is 38.1 Å². The predicted octanol–water partition coefficient (Wildman–Crippen LogP) is 1.81. The number of methoxy groups -OCH3 is 2. The van der Waals surface area contributed by atoms with Crippen molar-refractivity contribution >= 4 is 29.4 Å². The zero-order valence-corrected chi connectivity index (χ0v) is 13.3. The molecule has 1 rings (SSSR count). The van der Waals surface area contributed by atoms with Crippen molar-refractivity contribution in [1.29, 1.82) is 0 Å². The lowest BCUT2D eigenvalue weighted by molar-refractivity contribution is -0.146. The van der Waals surface area contributed by atoms with Crippen molar-refractivity contribution in [3.8, 4) is 0 Å². The largest absolute Gasteiger partial charge is 0.469 e. The molecule has 0 bridgehead atoms. The number of rotatable bonds is 6. The van der Waals surface area contributed by atoms with Gasteiger partial charge in [0.15, 0.2) is 0 Å². The molecule has 120 valence electrons. The number of hydrogen-bond acceptors (Lipinski definition) is 5. The molecule has 0 aliphatic carbocycles. The quantitative estimate of drug-likeness (QED) is 0.806. The molecule has 22 heavy (non-hydrogen) atoms. The zero-order chi connectivity index (χ0) is 16.7. The Labute approximate surface area is 133 Å². The Bertz CT molecular complexity index is 543. The SMILES string of the molecule is COC(=O)C[C@H](C)[C@@H](NC(=O)c1ccc(Cl)cc1)C(=O)OC. The van der Waals surface area contributed by atoms with E-state index in [4.69, 9.17) is 11.6 Å². The van der Waals surface area contributed by atoms with Crippen LogP contribution in [0.1, 0.15) is 23.7 Å². The predicted molar refractivity (Wildman–Crippen MR) is 80.5 cm³/mol. The third kappa shape index (κ3) is 5.04. The van der Waals surface area contributed by atoms with Gasteiger partial charge in [-0.25, -0.2) is 4.79 Å². The first-order chi connectivity index (χ1) is 10.4. The zero-order valence-electron chi connectivity index (χ0n) is 12.6. The third-order valence-electron chi connectivity index (χ3n) is 3.13. The minimum atomic E-state index is -0.952. The van der Waals surface area contributed by atoms with Crippen molar-refractivity contribution in [2.75, 3.05) is 14.2 Å². The summed E-state index contributed by atoms with van der Waals surface area (Å²) in [5.41, 5.74) is 0.351. The molecule has 1 aromatic rings. The molecule has 0 heterocycles. The highest BCUT2D eigenvalue weighted by atomic mass is 35.5. The van der Waals surface area contributed by atoms with Gasteiger partial charge >= 0.3 is 11.9 Å². The molecule has 1 amide bonds. The summed E-state index contributed by atoms with van der Waals surface area (Å²) in [6, 6.07) is 5.27. The summed E-state index contributed by atoms with van der Waals surface area (Å²) in [6.45, 7) is 1.65. The molecule has 2 atom stereocenters. The summed E-state index contributed by atoms with van der Waals surface area (Å²) < 4.78 is 9.25. The van der Waals surface area contributed by atoms with Crippen LogP contribution in [-0.2, 0) is 19.1 Å². The van der Waals surface area contributed by atoms with Crippen LogP contribution in [0.2, 0.25) is 5.02 Å². The number of carbonyl (C=O) groups is 3. The lowest BCUT2D eigenvalue weighted by atomic mass is 9.98. The van der Waals surface area contributed by atoms with E-state index in [1.807, 2.05) is 0 Å².